The Bertz CT molecular complexity index is 160. The molecule has 1 saturated heterocycles. The largest absolute Gasteiger partial charge is 0.313 e. The van der Waals surface area contributed by atoms with E-state index in [1.54, 1.807) is 5.57 Å². The summed E-state index contributed by atoms with van der Waals surface area (Å²) in [5.41, 5.74) is 1.61. The molecule has 1 aliphatic heterocycles. The summed E-state index contributed by atoms with van der Waals surface area (Å²) in [4.78, 5) is 0. The van der Waals surface area contributed by atoms with E-state index in [9.17, 15) is 0 Å². The van der Waals surface area contributed by atoms with Crippen LogP contribution in [0, 0.1) is 5.92 Å². The lowest BCUT2D eigenvalue weighted by Crippen LogP contribution is -2.21. The van der Waals surface area contributed by atoms with Gasteiger partial charge in [0.25, 0.3) is 0 Å². The molecule has 0 saturated carbocycles. The van der Waals surface area contributed by atoms with Crippen LogP contribution in [-0.4, -0.2) is 12.6 Å². The van der Waals surface area contributed by atoms with Gasteiger partial charge in [0.1, 0.15) is 0 Å². The molecule has 56 valence electrons. The lowest BCUT2D eigenvalue weighted by Gasteiger charge is -2.08. The molecule has 10 heavy (non-hydrogen) atoms. The van der Waals surface area contributed by atoms with Gasteiger partial charge < -0.3 is 5.32 Å². The topological polar surface area (TPSA) is 12.0 Å². The monoisotopic (exact) mass is 137 g/mol. The van der Waals surface area contributed by atoms with E-state index in [2.05, 4.69) is 18.3 Å². The number of fused-ring (bicyclic) bond motifs is 2. The van der Waals surface area contributed by atoms with E-state index in [-0.39, 0.29) is 0 Å². The molecule has 1 nitrogen and oxygen atoms in total. The maximum absolute atomic E-state index is 3.53. The molecular weight excluding hydrogens is 122 g/mol. The van der Waals surface area contributed by atoms with Crippen molar-refractivity contribution in [3.8, 4) is 0 Å². The van der Waals surface area contributed by atoms with Crippen LogP contribution in [0.5, 0.6) is 0 Å². The fourth-order valence-corrected chi connectivity index (χ4v) is 2.08. The average molecular weight is 137 g/mol. The zero-order valence-electron chi connectivity index (χ0n) is 6.56. The van der Waals surface area contributed by atoms with Gasteiger partial charge in [-0.05, 0) is 32.1 Å². The maximum Gasteiger partial charge on any atom is 0.00764 e. The van der Waals surface area contributed by atoms with Crippen LogP contribution in [-0.2, 0) is 0 Å². The van der Waals surface area contributed by atoms with Gasteiger partial charge in [-0.15, -0.1) is 0 Å². The fraction of sp³-hybridized carbons (Fsp3) is 0.778. The highest BCUT2D eigenvalue weighted by atomic mass is 14.9. The minimum atomic E-state index is 0.832. The zero-order chi connectivity index (χ0) is 6.97. The first-order valence-electron chi connectivity index (χ1n) is 4.25. The molecule has 0 aromatic heterocycles. The second-order valence-electron chi connectivity index (χ2n) is 3.65. The Morgan fingerprint density at radius 3 is 3.40 bits per heavy atom. The Labute approximate surface area is 62.5 Å². The summed E-state index contributed by atoms with van der Waals surface area (Å²) in [5.74, 6) is 0.854. The molecule has 2 atom stereocenters. The Morgan fingerprint density at radius 1 is 1.60 bits per heavy atom. The van der Waals surface area contributed by atoms with E-state index in [1.807, 2.05) is 0 Å². The van der Waals surface area contributed by atoms with Crippen LogP contribution >= 0.6 is 0 Å². The third kappa shape index (κ3) is 1.10. The minimum absolute atomic E-state index is 0.832. The van der Waals surface area contributed by atoms with Gasteiger partial charge in [-0.25, -0.2) is 0 Å². The standard InChI is InChI=1S/C9H15N/c1-7-2-3-9-5-8(4-7)6-10-9/h4,8-10H,2-3,5-6H2,1H3. The van der Waals surface area contributed by atoms with Gasteiger partial charge in [-0.2, -0.15) is 0 Å². The maximum atomic E-state index is 3.53. The summed E-state index contributed by atoms with van der Waals surface area (Å²) < 4.78 is 0. The van der Waals surface area contributed by atoms with Gasteiger partial charge >= 0.3 is 0 Å². The number of nitrogens with one attached hydrogen (secondary N) is 1. The van der Waals surface area contributed by atoms with Crippen LogP contribution in [0.1, 0.15) is 26.2 Å². The summed E-state index contributed by atoms with van der Waals surface area (Å²) in [6, 6.07) is 0.832. The highest BCUT2D eigenvalue weighted by molar-refractivity contribution is 5.08. The number of hydrogen-bond acceptors (Lipinski definition) is 1. The third-order valence-corrected chi connectivity index (χ3v) is 2.66. The molecule has 2 bridgehead atoms. The smallest absolute Gasteiger partial charge is 0.00764 e. The molecule has 1 fully saturated rings. The van der Waals surface area contributed by atoms with Crippen molar-refractivity contribution in [3.63, 3.8) is 0 Å². The lowest BCUT2D eigenvalue weighted by atomic mass is 10.1. The zero-order valence-corrected chi connectivity index (χ0v) is 6.56. The second-order valence-corrected chi connectivity index (χ2v) is 3.65. The summed E-state index contributed by atoms with van der Waals surface area (Å²) in [7, 11) is 0. The Morgan fingerprint density at radius 2 is 2.50 bits per heavy atom. The van der Waals surface area contributed by atoms with Crippen molar-refractivity contribution in [2.24, 2.45) is 5.92 Å². The predicted octanol–water partition coefficient (Wildman–Crippen LogP) is 1.70. The highest BCUT2D eigenvalue weighted by Gasteiger charge is 2.24. The van der Waals surface area contributed by atoms with Gasteiger partial charge in [0, 0.05) is 12.6 Å². The first-order valence-corrected chi connectivity index (χ1v) is 4.25. The first-order chi connectivity index (χ1) is 4.84. The van der Waals surface area contributed by atoms with Crippen molar-refractivity contribution in [3.05, 3.63) is 11.6 Å². The summed E-state index contributed by atoms with van der Waals surface area (Å²) in [5, 5.41) is 3.53. The Kier molecular flexibility index (Phi) is 1.53. The molecule has 0 aromatic carbocycles. The molecule has 2 unspecified atom stereocenters. The van der Waals surface area contributed by atoms with Crippen LogP contribution < -0.4 is 5.32 Å². The average Bonchev–Trinajstić information content (AvgIpc) is 2.22. The number of rotatable bonds is 0. The van der Waals surface area contributed by atoms with Crippen LogP contribution in [0.25, 0.3) is 0 Å². The van der Waals surface area contributed by atoms with Crippen molar-refractivity contribution in [1.29, 1.82) is 0 Å². The lowest BCUT2D eigenvalue weighted by molar-refractivity contribution is 0.560. The van der Waals surface area contributed by atoms with E-state index in [0.717, 1.165) is 12.0 Å². The highest BCUT2D eigenvalue weighted by Crippen LogP contribution is 2.26. The molecule has 0 amide bonds. The van der Waals surface area contributed by atoms with E-state index in [4.69, 9.17) is 0 Å². The van der Waals surface area contributed by atoms with Crippen LogP contribution in [0.2, 0.25) is 0 Å². The van der Waals surface area contributed by atoms with Gasteiger partial charge in [-0.1, -0.05) is 11.6 Å². The van der Waals surface area contributed by atoms with Gasteiger partial charge in [0.05, 0.1) is 0 Å². The SMILES string of the molecule is CC1=CC2CNC(CC1)C2. The molecule has 0 aromatic rings. The molecular formula is C9H15N. The van der Waals surface area contributed by atoms with Crippen LogP contribution in [0.15, 0.2) is 11.6 Å². The van der Waals surface area contributed by atoms with Gasteiger partial charge in [0.2, 0.25) is 0 Å². The normalized spacial score (nSPS) is 39.1. The molecule has 1 heterocycles. The Hall–Kier alpha value is -0.300. The van der Waals surface area contributed by atoms with E-state index >= 15 is 0 Å². The second kappa shape index (κ2) is 2.39. The van der Waals surface area contributed by atoms with Crippen molar-refractivity contribution in [2.45, 2.75) is 32.2 Å². The van der Waals surface area contributed by atoms with Crippen molar-refractivity contribution < 1.29 is 0 Å². The van der Waals surface area contributed by atoms with E-state index in [1.165, 1.54) is 25.8 Å². The number of allylic oxidation sites excluding steroid dienone is 1. The summed E-state index contributed by atoms with van der Waals surface area (Å²) in [6.07, 6.45) is 6.52. The van der Waals surface area contributed by atoms with Crippen molar-refractivity contribution >= 4 is 0 Å². The predicted molar refractivity (Wildman–Crippen MR) is 42.9 cm³/mol. The molecule has 1 aliphatic carbocycles. The van der Waals surface area contributed by atoms with E-state index in [0.29, 0.717) is 0 Å². The van der Waals surface area contributed by atoms with Crippen molar-refractivity contribution in [1.82, 2.24) is 5.32 Å². The molecule has 2 aliphatic rings. The summed E-state index contributed by atoms with van der Waals surface area (Å²) in [6.45, 7) is 3.49. The Balaban J connectivity index is 2.13. The summed E-state index contributed by atoms with van der Waals surface area (Å²) >= 11 is 0. The molecule has 0 radical (unpaired) electrons. The molecule has 0 spiro atoms. The quantitative estimate of drug-likeness (QED) is 0.501. The third-order valence-electron chi connectivity index (χ3n) is 2.66. The minimum Gasteiger partial charge on any atom is -0.313 e. The van der Waals surface area contributed by atoms with Gasteiger partial charge in [-0.3, -0.25) is 0 Å². The number of hydrogen-bond donors (Lipinski definition) is 1. The van der Waals surface area contributed by atoms with Crippen LogP contribution in [0.4, 0.5) is 0 Å². The fourth-order valence-electron chi connectivity index (χ4n) is 2.08. The van der Waals surface area contributed by atoms with Gasteiger partial charge in [0.15, 0.2) is 0 Å². The molecule has 2 rings (SSSR count). The van der Waals surface area contributed by atoms with E-state index < -0.39 is 0 Å². The van der Waals surface area contributed by atoms with Crippen LogP contribution in [0.3, 0.4) is 0 Å². The van der Waals surface area contributed by atoms with Crippen molar-refractivity contribution in [2.75, 3.05) is 6.54 Å². The molecule has 1 N–H and O–H groups in total. The first kappa shape index (κ1) is 6.41. The molecule has 1 heteroatoms.